The van der Waals surface area contributed by atoms with Gasteiger partial charge in [0.05, 0.1) is 16.8 Å². The van der Waals surface area contributed by atoms with E-state index in [0.717, 1.165) is 32.6 Å². The molecule has 0 atom stereocenters. The van der Waals surface area contributed by atoms with Gasteiger partial charge in [-0.2, -0.15) is 0 Å². The molecule has 0 saturated carbocycles. The van der Waals surface area contributed by atoms with Gasteiger partial charge in [0.1, 0.15) is 22.2 Å². The first kappa shape index (κ1) is 16.3. The average molecular weight is 363 g/mol. The Balaban J connectivity index is 1.78. The van der Waals surface area contributed by atoms with E-state index >= 15 is 0 Å². The predicted molar refractivity (Wildman–Crippen MR) is 104 cm³/mol. The van der Waals surface area contributed by atoms with E-state index in [2.05, 4.69) is 44.3 Å². The fourth-order valence-corrected chi connectivity index (χ4v) is 3.38. The third-order valence-corrected chi connectivity index (χ3v) is 5.09. The molecule has 0 saturated heterocycles. The van der Waals surface area contributed by atoms with Crippen LogP contribution in [0.1, 0.15) is 24.8 Å². The van der Waals surface area contributed by atoms with Gasteiger partial charge in [-0.1, -0.05) is 31.3 Å². The van der Waals surface area contributed by atoms with E-state index in [4.69, 9.17) is 5.73 Å². The third kappa shape index (κ3) is 3.06. The average Bonchev–Trinajstić information content (AvgIpc) is 3.13. The number of pyridine rings is 3. The zero-order valence-electron chi connectivity index (χ0n) is 14.3. The fourth-order valence-electron chi connectivity index (χ4n) is 2.51. The standard InChI is InChI=1S/C18H17N7S/c1-10(2)17-24-25-18(26-17)11-9-13-15(23-16(11)19)12(6-8-20-13)22-14-5-3-4-7-21-14/h3-10H,1-2H3,(H2,19,23)(H,20,21,22). The molecule has 0 radical (unpaired) electrons. The molecule has 0 bridgehead atoms. The lowest BCUT2D eigenvalue weighted by Crippen LogP contribution is -2.00. The Labute approximate surface area is 154 Å². The summed E-state index contributed by atoms with van der Waals surface area (Å²) in [6.45, 7) is 4.17. The Morgan fingerprint density at radius 1 is 1.08 bits per heavy atom. The summed E-state index contributed by atoms with van der Waals surface area (Å²) in [5, 5.41) is 13.5. The van der Waals surface area contributed by atoms with Crippen molar-refractivity contribution in [3.8, 4) is 10.6 Å². The van der Waals surface area contributed by atoms with Gasteiger partial charge in [-0.3, -0.25) is 4.98 Å². The fraction of sp³-hybridized carbons (Fsp3) is 0.167. The maximum atomic E-state index is 6.22. The van der Waals surface area contributed by atoms with Gasteiger partial charge < -0.3 is 11.1 Å². The van der Waals surface area contributed by atoms with Crippen molar-refractivity contribution in [1.82, 2.24) is 25.1 Å². The van der Waals surface area contributed by atoms with E-state index in [9.17, 15) is 0 Å². The van der Waals surface area contributed by atoms with Gasteiger partial charge in [-0.15, -0.1) is 10.2 Å². The molecule has 0 aliphatic rings. The normalized spacial score (nSPS) is 11.2. The number of anilines is 3. The quantitative estimate of drug-likeness (QED) is 0.565. The van der Waals surface area contributed by atoms with Crippen molar-refractivity contribution in [2.24, 2.45) is 0 Å². The summed E-state index contributed by atoms with van der Waals surface area (Å²) in [5.74, 6) is 1.46. The van der Waals surface area contributed by atoms with Gasteiger partial charge in [-0.25, -0.2) is 9.97 Å². The molecule has 0 aromatic carbocycles. The molecular formula is C18H17N7S. The summed E-state index contributed by atoms with van der Waals surface area (Å²) in [5.41, 5.74) is 9.20. The lowest BCUT2D eigenvalue weighted by Gasteiger charge is -2.10. The molecule has 0 spiro atoms. The summed E-state index contributed by atoms with van der Waals surface area (Å²) in [4.78, 5) is 13.3. The van der Waals surface area contributed by atoms with E-state index in [-0.39, 0.29) is 0 Å². The van der Waals surface area contributed by atoms with Crippen LogP contribution in [0.4, 0.5) is 17.3 Å². The largest absolute Gasteiger partial charge is 0.383 e. The lowest BCUT2D eigenvalue weighted by atomic mass is 10.2. The molecule has 0 aliphatic heterocycles. The minimum absolute atomic E-state index is 0.322. The van der Waals surface area contributed by atoms with E-state index in [1.807, 2.05) is 30.3 Å². The molecule has 4 rings (SSSR count). The maximum absolute atomic E-state index is 6.22. The third-order valence-electron chi connectivity index (χ3n) is 3.83. The van der Waals surface area contributed by atoms with Crippen molar-refractivity contribution in [1.29, 1.82) is 0 Å². The Kier molecular flexibility index (Phi) is 4.18. The van der Waals surface area contributed by atoms with Crippen LogP contribution in [0.3, 0.4) is 0 Å². The zero-order chi connectivity index (χ0) is 18.1. The summed E-state index contributed by atoms with van der Waals surface area (Å²) in [6.07, 6.45) is 3.46. The maximum Gasteiger partial charge on any atom is 0.151 e. The highest BCUT2D eigenvalue weighted by Crippen LogP contribution is 2.33. The SMILES string of the molecule is CC(C)c1nnc(-c2cc3nccc(Nc4ccccn4)c3nc2N)s1. The summed E-state index contributed by atoms with van der Waals surface area (Å²) in [7, 11) is 0. The lowest BCUT2D eigenvalue weighted by molar-refractivity contribution is 0.825. The van der Waals surface area contributed by atoms with Crippen molar-refractivity contribution in [3.05, 3.63) is 47.7 Å². The molecule has 4 heterocycles. The molecule has 0 amide bonds. The molecule has 0 fully saturated rings. The smallest absolute Gasteiger partial charge is 0.151 e. The van der Waals surface area contributed by atoms with Crippen LogP contribution >= 0.6 is 11.3 Å². The summed E-state index contributed by atoms with van der Waals surface area (Å²) in [6, 6.07) is 9.43. The first-order valence-electron chi connectivity index (χ1n) is 8.19. The molecule has 7 nitrogen and oxygen atoms in total. The van der Waals surface area contributed by atoms with Gasteiger partial charge in [-0.05, 0) is 24.3 Å². The number of nitrogens with two attached hydrogens (primary N) is 1. The van der Waals surface area contributed by atoms with Crippen molar-refractivity contribution in [2.75, 3.05) is 11.1 Å². The van der Waals surface area contributed by atoms with Crippen LogP contribution in [0.2, 0.25) is 0 Å². The van der Waals surface area contributed by atoms with Crippen molar-refractivity contribution in [3.63, 3.8) is 0 Å². The van der Waals surface area contributed by atoms with E-state index in [0.29, 0.717) is 17.3 Å². The van der Waals surface area contributed by atoms with Crippen LogP contribution in [-0.2, 0) is 0 Å². The predicted octanol–water partition coefficient (Wildman–Crippen LogP) is 3.99. The second-order valence-corrected chi connectivity index (χ2v) is 7.10. The molecule has 8 heteroatoms. The van der Waals surface area contributed by atoms with Crippen LogP contribution in [0.5, 0.6) is 0 Å². The second kappa shape index (κ2) is 6.64. The van der Waals surface area contributed by atoms with Crippen LogP contribution < -0.4 is 11.1 Å². The highest BCUT2D eigenvalue weighted by molar-refractivity contribution is 7.14. The van der Waals surface area contributed by atoms with Crippen molar-refractivity contribution < 1.29 is 0 Å². The molecular weight excluding hydrogens is 346 g/mol. The number of rotatable bonds is 4. The van der Waals surface area contributed by atoms with Gasteiger partial charge in [0, 0.05) is 18.3 Å². The Hall–Kier alpha value is -3.13. The van der Waals surface area contributed by atoms with Crippen LogP contribution in [0, 0.1) is 0 Å². The van der Waals surface area contributed by atoms with Gasteiger partial charge in [0.15, 0.2) is 5.01 Å². The number of nitrogens with zero attached hydrogens (tertiary/aromatic N) is 5. The van der Waals surface area contributed by atoms with E-state index < -0.39 is 0 Å². The second-order valence-electron chi connectivity index (χ2n) is 6.09. The summed E-state index contributed by atoms with van der Waals surface area (Å²) < 4.78 is 0. The van der Waals surface area contributed by atoms with Crippen molar-refractivity contribution in [2.45, 2.75) is 19.8 Å². The molecule has 130 valence electrons. The van der Waals surface area contributed by atoms with Gasteiger partial charge in [0.25, 0.3) is 0 Å². The summed E-state index contributed by atoms with van der Waals surface area (Å²) >= 11 is 1.53. The minimum atomic E-state index is 0.322. The molecule has 0 aliphatic carbocycles. The van der Waals surface area contributed by atoms with E-state index in [1.54, 1.807) is 12.4 Å². The number of hydrogen-bond acceptors (Lipinski definition) is 8. The van der Waals surface area contributed by atoms with E-state index in [1.165, 1.54) is 11.3 Å². The zero-order valence-corrected chi connectivity index (χ0v) is 15.2. The van der Waals surface area contributed by atoms with Crippen molar-refractivity contribution >= 4 is 39.7 Å². The first-order valence-corrected chi connectivity index (χ1v) is 9.00. The Morgan fingerprint density at radius 3 is 2.69 bits per heavy atom. The Morgan fingerprint density at radius 2 is 1.96 bits per heavy atom. The molecule has 26 heavy (non-hydrogen) atoms. The first-order chi connectivity index (χ1) is 12.6. The van der Waals surface area contributed by atoms with Crippen LogP contribution in [0.15, 0.2) is 42.7 Å². The molecule has 0 unspecified atom stereocenters. The number of nitrogens with one attached hydrogen (secondary N) is 1. The van der Waals surface area contributed by atoms with Gasteiger partial charge in [0.2, 0.25) is 0 Å². The van der Waals surface area contributed by atoms with Crippen LogP contribution in [-0.4, -0.2) is 25.1 Å². The molecule has 4 aromatic heterocycles. The number of hydrogen-bond donors (Lipinski definition) is 2. The number of aromatic nitrogens is 5. The monoisotopic (exact) mass is 363 g/mol. The van der Waals surface area contributed by atoms with Crippen LogP contribution in [0.25, 0.3) is 21.6 Å². The molecule has 3 N–H and O–H groups in total. The number of nitrogen functional groups attached to an aromatic ring is 1. The highest BCUT2D eigenvalue weighted by Gasteiger charge is 2.15. The van der Waals surface area contributed by atoms with Gasteiger partial charge >= 0.3 is 0 Å². The minimum Gasteiger partial charge on any atom is -0.383 e. The molecule has 4 aromatic rings. The topological polar surface area (TPSA) is 102 Å². The number of fused-ring (bicyclic) bond motifs is 1. The Bertz CT molecular complexity index is 1060. The highest BCUT2D eigenvalue weighted by atomic mass is 32.1.